The van der Waals surface area contributed by atoms with E-state index in [0.29, 0.717) is 17.9 Å². The molecule has 0 amide bonds. The van der Waals surface area contributed by atoms with Gasteiger partial charge in [0.05, 0.1) is 0 Å². The molecule has 0 radical (unpaired) electrons. The molecular weight excluding hydrogens is 268 g/mol. The maximum Gasteiger partial charge on any atom is 0.126 e. The number of nitrogens with two attached hydrogens (primary N) is 1. The van der Waals surface area contributed by atoms with E-state index in [0.717, 1.165) is 11.6 Å². The predicted octanol–water partition coefficient (Wildman–Crippen LogP) is 4.47. The summed E-state index contributed by atoms with van der Waals surface area (Å²) in [5.74, 6) is -0.414. The van der Waals surface area contributed by atoms with Crippen LogP contribution in [0.5, 0.6) is 0 Å². The molecule has 3 rings (SSSR count). The summed E-state index contributed by atoms with van der Waals surface area (Å²) in [6, 6.07) is 11.6. The first-order chi connectivity index (χ1) is 10.1. The van der Waals surface area contributed by atoms with Crippen LogP contribution < -0.4 is 5.73 Å². The summed E-state index contributed by atoms with van der Waals surface area (Å²) < 4.78 is 26.4. The first-order valence-electron chi connectivity index (χ1n) is 7.42. The van der Waals surface area contributed by atoms with Crippen molar-refractivity contribution in [3.8, 4) is 0 Å². The molecule has 1 aliphatic rings. The molecule has 3 heteroatoms. The van der Waals surface area contributed by atoms with E-state index >= 15 is 0 Å². The van der Waals surface area contributed by atoms with Crippen LogP contribution in [-0.2, 0) is 6.42 Å². The summed E-state index contributed by atoms with van der Waals surface area (Å²) in [6.45, 7) is 0. The minimum absolute atomic E-state index is 0.248. The molecule has 1 nitrogen and oxygen atoms in total. The van der Waals surface area contributed by atoms with Crippen LogP contribution in [0.2, 0.25) is 0 Å². The van der Waals surface area contributed by atoms with Crippen molar-refractivity contribution >= 4 is 0 Å². The summed E-state index contributed by atoms with van der Waals surface area (Å²) in [4.78, 5) is 0. The SMILES string of the molecule is NC(Cc1cc(F)cc(F)c1)c1ccc(C2CCC2)cc1. The first-order valence-corrected chi connectivity index (χ1v) is 7.42. The molecule has 0 aliphatic heterocycles. The van der Waals surface area contributed by atoms with Gasteiger partial charge in [-0.25, -0.2) is 8.78 Å². The first kappa shape index (κ1) is 14.2. The Morgan fingerprint density at radius 3 is 2.14 bits per heavy atom. The summed E-state index contributed by atoms with van der Waals surface area (Å²) in [5.41, 5.74) is 9.11. The van der Waals surface area contributed by atoms with Gasteiger partial charge >= 0.3 is 0 Å². The lowest BCUT2D eigenvalue weighted by Crippen LogP contribution is -2.14. The fourth-order valence-electron chi connectivity index (χ4n) is 2.86. The van der Waals surface area contributed by atoms with Gasteiger partial charge < -0.3 is 5.73 Å². The number of hydrogen-bond acceptors (Lipinski definition) is 1. The van der Waals surface area contributed by atoms with Crippen LogP contribution in [0.15, 0.2) is 42.5 Å². The summed E-state index contributed by atoms with van der Waals surface area (Å²) >= 11 is 0. The van der Waals surface area contributed by atoms with Crippen molar-refractivity contribution in [1.82, 2.24) is 0 Å². The molecule has 0 heterocycles. The third-order valence-electron chi connectivity index (χ3n) is 4.32. The Kier molecular flexibility index (Phi) is 4.02. The molecule has 0 bridgehead atoms. The van der Waals surface area contributed by atoms with Crippen molar-refractivity contribution in [1.29, 1.82) is 0 Å². The van der Waals surface area contributed by atoms with E-state index in [1.807, 2.05) is 12.1 Å². The van der Waals surface area contributed by atoms with Crippen molar-refractivity contribution in [2.45, 2.75) is 37.6 Å². The quantitative estimate of drug-likeness (QED) is 0.882. The fourth-order valence-corrected chi connectivity index (χ4v) is 2.86. The molecule has 0 aromatic heterocycles. The van der Waals surface area contributed by atoms with Crippen molar-refractivity contribution < 1.29 is 8.78 Å². The Bertz CT molecular complexity index is 597. The second kappa shape index (κ2) is 5.94. The highest BCUT2D eigenvalue weighted by Crippen LogP contribution is 2.36. The Morgan fingerprint density at radius 2 is 1.62 bits per heavy atom. The van der Waals surface area contributed by atoms with Crippen LogP contribution in [-0.4, -0.2) is 0 Å². The maximum absolute atomic E-state index is 13.2. The predicted molar refractivity (Wildman–Crippen MR) is 80.0 cm³/mol. The van der Waals surface area contributed by atoms with Gasteiger partial charge in [-0.15, -0.1) is 0 Å². The van der Waals surface area contributed by atoms with Gasteiger partial charge in [0.15, 0.2) is 0 Å². The number of hydrogen-bond donors (Lipinski definition) is 1. The van der Waals surface area contributed by atoms with E-state index in [1.54, 1.807) is 0 Å². The molecule has 1 saturated carbocycles. The standard InChI is InChI=1S/C18H19F2N/c19-16-8-12(9-17(20)11-16)10-18(21)15-6-4-14(5-7-15)13-2-1-3-13/h4-9,11,13,18H,1-3,10,21H2. The van der Waals surface area contributed by atoms with Gasteiger partial charge in [-0.3, -0.25) is 0 Å². The van der Waals surface area contributed by atoms with Crippen LogP contribution in [0.4, 0.5) is 8.78 Å². The number of benzene rings is 2. The van der Waals surface area contributed by atoms with Crippen molar-refractivity contribution in [3.05, 3.63) is 70.8 Å². The highest BCUT2D eigenvalue weighted by Gasteiger charge is 2.19. The molecule has 0 spiro atoms. The number of rotatable bonds is 4. The van der Waals surface area contributed by atoms with Gasteiger partial charge in [-0.2, -0.15) is 0 Å². The van der Waals surface area contributed by atoms with Gasteiger partial charge in [0.2, 0.25) is 0 Å². The van der Waals surface area contributed by atoms with E-state index in [1.165, 1.54) is 37.0 Å². The average molecular weight is 287 g/mol. The topological polar surface area (TPSA) is 26.0 Å². The third-order valence-corrected chi connectivity index (χ3v) is 4.32. The average Bonchev–Trinajstić information content (AvgIpc) is 2.36. The molecule has 1 aliphatic carbocycles. The highest BCUT2D eigenvalue weighted by atomic mass is 19.1. The van der Waals surface area contributed by atoms with E-state index < -0.39 is 11.6 Å². The van der Waals surface area contributed by atoms with Crippen LogP contribution in [0.3, 0.4) is 0 Å². The molecule has 21 heavy (non-hydrogen) atoms. The van der Waals surface area contributed by atoms with E-state index in [4.69, 9.17) is 5.73 Å². The molecular formula is C18H19F2N. The molecule has 1 atom stereocenters. The molecule has 2 aromatic carbocycles. The zero-order valence-corrected chi connectivity index (χ0v) is 11.9. The summed E-state index contributed by atoms with van der Waals surface area (Å²) in [5, 5.41) is 0. The van der Waals surface area contributed by atoms with Crippen LogP contribution >= 0.6 is 0 Å². The molecule has 110 valence electrons. The van der Waals surface area contributed by atoms with Gasteiger partial charge in [0.25, 0.3) is 0 Å². The largest absolute Gasteiger partial charge is 0.324 e. The Balaban J connectivity index is 1.70. The molecule has 2 N–H and O–H groups in total. The Labute approximate surface area is 123 Å². The minimum atomic E-state index is -0.558. The van der Waals surface area contributed by atoms with Gasteiger partial charge in [-0.05, 0) is 54.0 Å². The summed E-state index contributed by atoms with van der Waals surface area (Å²) in [7, 11) is 0. The van der Waals surface area contributed by atoms with Crippen molar-refractivity contribution in [3.63, 3.8) is 0 Å². The smallest absolute Gasteiger partial charge is 0.126 e. The lowest BCUT2D eigenvalue weighted by atomic mass is 9.80. The van der Waals surface area contributed by atoms with E-state index in [-0.39, 0.29) is 6.04 Å². The fraction of sp³-hybridized carbons (Fsp3) is 0.333. The van der Waals surface area contributed by atoms with Crippen molar-refractivity contribution in [2.75, 3.05) is 0 Å². The number of halogens is 2. The second-order valence-electron chi connectivity index (χ2n) is 5.88. The minimum Gasteiger partial charge on any atom is -0.324 e. The maximum atomic E-state index is 13.2. The monoisotopic (exact) mass is 287 g/mol. The van der Waals surface area contributed by atoms with Gasteiger partial charge in [-0.1, -0.05) is 30.7 Å². The van der Waals surface area contributed by atoms with Crippen LogP contribution in [0, 0.1) is 11.6 Å². The third kappa shape index (κ3) is 3.30. The van der Waals surface area contributed by atoms with Crippen LogP contribution in [0.1, 0.15) is 47.9 Å². The zero-order chi connectivity index (χ0) is 14.8. The Hall–Kier alpha value is -1.74. The molecule has 0 saturated heterocycles. The lowest BCUT2D eigenvalue weighted by Gasteiger charge is -2.26. The van der Waals surface area contributed by atoms with E-state index in [9.17, 15) is 8.78 Å². The summed E-state index contributed by atoms with van der Waals surface area (Å²) in [6.07, 6.45) is 4.29. The van der Waals surface area contributed by atoms with Crippen LogP contribution in [0.25, 0.3) is 0 Å². The lowest BCUT2D eigenvalue weighted by molar-refractivity contribution is 0.419. The normalized spacial score (nSPS) is 16.5. The van der Waals surface area contributed by atoms with E-state index in [2.05, 4.69) is 12.1 Å². The van der Waals surface area contributed by atoms with Gasteiger partial charge in [0, 0.05) is 12.1 Å². The molecule has 2 aromatic rings. The second-order valence-corrected chi connectivity index (χ2v) is 5.88. The molecule has 1 fully saturated rings. The van der Waals surface area contributed by atoms with Gasteiger partial charge in [0.1, 0.15) is 11.6 Å². The highest BCUT2D eigenvalue weighted by molar-refractivity contribution is 5.30. The Morgan fingerprint density at radius 1 is 1.00 bits per heavy atom. The molecule has 1 unspecified atom stereocenters. The van der Waals surface area contributed by atoms with Crippen molar-refractivity contribution in [2.24, 2.45) is 5.73 Å². The zero-order valence-electron chi connectivity index (χ0n) is 11.9.